The fourth-order valence-electron chi connectivity index (χ4n) is 3.40. The zero-order chi connectivity index (χ0) is 16.4. The predicted octanol–water partition coefficient (Wildman–Crippen LogP) is 2.03. The molecule has 0 saturated carbocycles. The van der Waals surface area contributed by atoms with Gasteiger partial charge in [-0.3, -0.25) is 0 Å². The van der Waals surface area contributed by atoms with Crippen LogP contribution in [0.25, 0.3) is 11.0 Å². The zero-order valence-electron chi connectivity index (χ0n) is 14.2. The summed E-state index contributed by atoms with van der Waals surface area (Å²) in [6.07, 6.45) is 5.93. The van der Waals surface area contributed by atoms with Crippen molar-refractivity contribution in [2.24, 2.45) is 0 Å². The molecule has 0 radical (unpaired) electrons. The van der Waals surface area contributed by atoms with Gasteiger partial charge in [-0.2, -0.15) is 5.26 Å². The molecule has 1 aliphatic rings. The van der Waals surface area contributed by atoms with E-state index in [1.807, 2.05) is 0 Å². The van der Waals surface area contributed by atoms with Gasteiger partial charge in [-0.05, 0) is 46.3 Å². The Hall–Kier alpha value is -2.13. The lowest BCUT2D eigenvalue weighted by molar-refractivity contribution is 0.401. The molecule has 3 rings (SSSR count). The SMILES string of the molecule is CN(C)CCCN(C)c1ncnc2c(C#N)c3n(c12)CCCC3. The Morgan fingerprint density at radius 1 is 1.22 bits per heavy atom. The van der Waals surface area contributed by atoms with Crippen LogP contribution >= 0.6 is 0 Å². The van der Waals surface area contributed by atoms with Crippen molar-refractivity contribution < 1.29 is 0 Å². The second-order valence-electron chi connectivity index (χ2n) is 6.52. The molecule has 0 atom stereocenters. The Morgan fingerprint density at radius 3 is 2.78 bits per heavy atom. The van der Waals surface area contributed by atoms with E-state index in [-0.39, 0.29) is 0 Å². The Morgan fingerprint density at radius 2 is 2.04 bits per heavy atom. The largest absolute Gasteiger partial charge is 0.358 e. The highest BCUT2D eigenvalue weighted by Crippen LogP contribution is 2.33. The normalized spacial score (nSPS) is 14.0. The number of hydrogen-bond donors (Lipinski definition) is 0. The number of anilines is 1. The minimum Gasteiger partial charge on any atom is -0.358 e. The van der Waals surface area contributed by atoms with Crippen LogP contribution in [0, 0.1) is 11.3 Å². The molecule has 0 N–H and O–H groups in total. The van der Waals surface area contributed by atoms with Gasteiger partial charge in [-0.1, -0.05) is 0 Å². The topological polar surface area (TPSA) is 61.0 Å². The summed E-state index contributed by atoms with van der Waals surface area (Å²) in [7, 11) is 6.25. The van der Waals surface area contributed by atoms with Crippen molar-refractivity contribution in [1.29, 1.82) is 5.26 Å². The van der Waals surface area contributed by atoms with Gasteiger partial charge in [0.15, 0.2) is 5.82 Å². The van der Waals surface area contributed by atoms with Crippen LogP contribution in [0.5, 0.6) is 0 Å². The van der Waals surface area contributed by atoms with Gasteiger partial charge in [0, 0.05) is 25.8 Å². The molecule has 2 aromatic rings. The van der Waals surface area contributed by atoms with Crippen LogP contribution in [0.4, 0.5) is 5.82 Å². The zero-order valence-corrected chi connectivity index (χ0v) is 14.2. The highest BCUT2D eigenvalue weighted by Gasteiger charge is 2.24. The number of nitrogens with zero attached hydrogens (tertiary/aromatic N) is 6. The average molecular weight is 312 g/mol. The molecule has 0 aromatic carbocycles. The molecule has 0 spiro atoms. The highest BCUT2D eigenvalue weighted by molar-refractivity contribution is 5.92. The van der Waals surface area contributed by atoms with E-state index in [0.717, 1.165) is 73.4 Å². The first-order valence-corrected chi connectivity index (χ1v) is 8.25. The number of aromatic nitrogens is 3. The molecule has 0 unspecified atom stereocenters. The summed E-state index contributed by atoms with van der Waals surface area (Å²) in [6.45, 7) is 2.94. The standard InChI is InChI=1S/C17H24N6/c1-21(2)8-6-9-22(3)17-16-15(19-12-20-17)13(11-18)14-7-4-5-10-23(14)16/h12H,4-10H2,1-3H3. The molecule has 0 aliphatic carbocycles. The van der Waals surface area contributed by atoms with Crippen LogP contribution < -0.4 is 4.90 Å². The minimum absolute atomic E-state index is 0.741. The molecule has 1 aliphatic heterocycles. The van der Waals surface area contributed by atoms with Crippen molar-refractivity contribution in [3.8, 4) is 6.07 Å². The van der Waals surface area contributed by atoms with Gasteiger partial charge in [0.05, 0.1) is 5.56 Å². The lowest BCUT2D eigenvalue weighted by atomic mass is 10.1. The molecule has 0 bridgehead atoms. The van der Waals surface area contributed by atoms with Gasteiger partial charge >= 0.3 is 0 Å². The van der Waals surface area contributed by atoms with Crippen molar-refractivity contribution >= 4 is 16.9 Å². The molecule has 6 nitrogen and oxygen atoms in total. The minimum atomic E-state index is 0.741. The van der Waals surface area contributed by atoms with Gasteiger partial charge in [-0.25, -0.2) is 9.97 Å². The molecule has 122 valence electrons. The second kappa shape index (κ2) is 6.55. The monoisotopic (exact) mass is 312 g/mol. The summed E-state index contributed by atoms with van der Waals surface area (Å²) in [5.74, 6) is 0.943. The maximum absolute atomic E-state index is 9.57. The molecule has 2 aromatic heterocycles. The number of hydrogen-bond acceptors (Lipinski definition) is 5. The molecule has 3 heterocycles. The maximum Gasteiger partial charge on any atom is 0.156 e. The first-order chi connectivity index (χ1) is 11.1. The Kier molecular flexibility index (Phi) is 4.49. The van der Waals surface area contributed by atoms with Crippen LogP contribution in [0.2, 0.25) is 0 Å². The summed E-state index contributed by atoms with van der Waals surface area (Å²) in [5.41, 5.74) is 3.72. The highest BCUT2D eigenvalue weighted by atomic mass is 15.2. The van der Waals surface area contributed by atoms with Gasteiger partial charge in [-0.15, -0.1) is 0 Å². The first-order valence-electron chi connectivity index (χ1n) is 8.25. The van der Waals surface area contributed by atoms with Crippen molar-refractivity contribution in [3.63, 3.8) is 0 Å². The van der Waals surface area contributed by atoms with E-state index in [2.05, 4.69) is 51.5 Å². The lowest BCUT2D eigenvalue weighted by Gasteiger charge is -2.22. The first kappa shape index (κ1) is 15.8. The lowest BCUT2D eigenvalue weighted by Crippen LogP contribution is -2.25. The fourth-order valence-corrected chi connectivity index (χ4v) is 3.40. The van der Waals surface area contributed by atoms with Gasteiger partial charge in [0.25, 0.3) is 0 Å². The molecule has 0 saturated heterocycles. The van der Waals surface area contributed by atoms with Crippen molar-refractivity contribution in [2.75, 3.05) is 39.1 Å². The van der Waals surface area contributed by atoms with E-state index in [0.29, 0.717) is 0 Å². The predicted molar refractivity (Wildman–Crippen MR) is 91.6 cm³/mol. The van der Waals surface area contributed by atoms with E-state index in [9.17, 15) is 5.26 Å². The smallest absolute Gasteiger partial charge is 0.156 e. The summed E-state index contributed by atoms with van der Waals surface area (Å²) in [6, 6.07) is 2.37. The summed E-state index contributed by atoms with van der Waals surface area (Å²) in [5, 5.41) is 9.57. The van der Waals surface area contributed by atoms with Crippen LogP contribution in [-0.4, -0.2) is 53.7 Å². The van der Waals surface area contributed by atoms with E-state index in [1.54, 1.807) is 6.33 Å². The Bertz CT molecular complexity index is 740. The maximum atomic E-state index is 9.57. The van der Waals surface area contributed by atoms with Crippen molar-refractivity contribution in [2.45, 2.75) is 32.2 Å². The quantitative estimate of drug-likeness (QED) is 0.845. The van der Waals surface area contributed by atoms with Crippen LogP contribution in [0.3, 0.4) is 0 Å². The van der Waals surface area contributed by atoms with E-state index < -0.39 is 0 Å². The molecular weight excluding hydrogens is 288 g/mol. The molecule has 6 heteroatoms. The number of rotatable bonds is 5. The number of fused-ring (bicyclic) bond motifs is 3. The Balaban J connectivity index is 2.01. The van der Waals surface area contributed by atoms with Gasteiger partial charge < -0.3 is 14.4 Å². The third kappa shape index (κ3) is 2.89. The van der Waals surface area contributed by atoms with Crippen molar-refractivity contribution in [1.82, 2.24) is 19.4 Å². The number of nitriles is 1. The summed E-state index contributed by atoms with van der Waals surface area (Å²) >= 11 is 0. The average Bonchev–Trinajstić information content (AvgIpc) is 2.88. The number of aryl methyl sites for hydroxylation is 1. The van der Waals surface area contributed by atoms with E-state index in [4.69, 9.17) is 0 Å². The van der Waals surface area contributed by atoms with E-state index >= 15 is 0 Å². The third-order valence-electron chi connectivity index (χ3n) is 4.54. The third-order valence-corrected chi connectivity index (χ3v) is 4.54. The fraction of sp³-hybridized carbons (Fsp3) is 0.588. The van der Waals surface area contributed by atoms with Crippen LogP contribution in [0.15, 0.2) is 6.33 Å². The van der Waals surface area contributed by atoms with E-state index in [1.165, 1.54) is 0 Å². The molecule has 0 amide bonds. The molecular formula is C17H24N6. The van der Waals surface area contributed by atoms with Gasteiger partial charge in [0.2, 0.25) is 0 Å². The van der Waals surface area contributed by atoms with Crippen LogP contribution in [-0.2, 0) is 13.0 Å². The van der Waals surface area contributed by atoms with Crippen molar-refractivity contribution in [3.05, 3.63) is 17.6 Å². The Labute approximate surface area is 137 Å². The summed E-state index contributed by atoms with van der Waals surface area (Å²) < 4.78 is 2.27. The van der Waals surface area contributed by atoms with Gasteiger partial charge in [0.1, 0.15) is 23.4 Å². The summed E-state index contributed by atoms with van der Waals surface area (Å²) in [4.78, 5) is 13.3. The molecule has 0 fully saturated rings. The molecule has 23 heavy (non-hydrogen) atoms. The second-order valence-corrected chi connectivity index (χ2v) is 6.52. The van der Waals surface area contributed by atoms with Crippen LogP contribution in [0.1, 0.15) is 30.5 Å².